The van der Waals surface area contributed by atoms with Gasteiger partial charge in [-0.25, -0.2) is 32.5 Å². The molecule has 12 heteroatoms. The molecule has 3 aromatic rings. The summed E-state index contributed by atoms with van der Waals surface area (Å²) in [6.07, 6.45) is 11.1. The van der Waals surface area contributed by atoms with Gasteiger partial charge in [0.05, 0.1) is 28.5 Å². The Morgan fingerprint density at radius 2 is 1.90 bits per heavy atom. The second kappa shape index (κ2) is 12.2. The molecule has 1 fully saturated rings. The Balaban J connectivity index is 1.59. The Kier molecular flexibility index (Phi) is 8.88. The Morgan fingerprint density at radius 1 is 1.18 bits per heavy atom. The maximum absolute atomic E-state index is 15.5. The number of rotatable bonds is 9. The Morgan fingerprint density at radius 3 is 2.58 bits per heavy atom. The summed E-state index contributed by atoms with van der Waals surface area (Å²) >= 11 is 2.07. The summed E-state index contributed by atoms with van der Waals surface area (Å²) in [5, 5.41) is 0. The molecular formula is C28H35FIN7O2S. The number of anilines is 1. The molecule has 214 valence electrons. The van der Waals surface area contributed by atoms with Gasteiger partial charge in [0.1, 0.15) is 18.0 Å². The molecule has 40 heavy (non-hydrogen) atoms. The topological polar surface area (TPSA) is 96.2 Å². The third-order valence-corrected chi connectivity index (χ3v) is 10.6. The molecule has 4 heterocycles. The summed E-state index contributed by atoms with van der Waals surface area (Å²) in [4.78, 5) is 18.2. The number of nitrogens with zero attached hydrogens (tertiary/aromatic N) is 6. The van der Waals surface area contributed by atoms with Crippen LogP contribution in [0, 0.1) is 0 Å². The van der Waals surface area contributed by atoms with Gasteiger partial charge in [-0.3, -0.25) is 0 Å². The quantitative estimate of drug-likeness (QED) is 0.319. The fourth-order valence-electron chi connectivity index (χ4n) is 5.51. The minimum atomic E-state index is -3.49. The first-order valence-electron chi connectivity index (χ1n) is 13.7. The molecular weight excluding hydrogens is 644 g/mol. The average molecular weight is 680 g/mol. The minimum absolute atomic E-state index is 0.0250. The van der Waals surface area contributed by atoms with E-state index in [1.54, 1.807) is 17.0 Å². The molecule has 0 spiro atoms. The predicted octanol–water partition coefficient (Wildman–Crippen LogP) is 4.97. The van der Waals surface area contributed by atoms with Crippen molar-refractivity contribution in [1.82, 2.24) is 29.1 Å². The van der Waals surface area contributed by atoms with Crippen molar-refractivity contribution >= 4 is 55.2 Å². The van der Waals surface area contributed by atoms with Gasteiger partial charge in [-0.1, -0.05) is 13.8 Å². The van der Waals surface area contributed by atoms with Crippen molar-refractivity contribution in [2.75, 3.05) is 37.3 Å². The average Bonchev–Trinajstić information content (AvgIpc) is 3.33. The first-order valence-corrected chi connectivity index (χ1v) is 16.4. The summed E-state index contributed by atoms with van der Waals surface area (Å²) in [5.41, 5.74) is 3.31. The summed E-state index contributed by atoms with van der Waals surface area (Å²) < 4.78 is 45.8. The highest BCUT2D eigenvalue weighted by atomic mass is 127. The van der Waals surface area contributed by atoms with Gasteiger partial charge in [-0.15, -0.1) is 0 Å². The van der Waals surface area contributed by atoms with E-state index in [9.17, 15) is 8.42 Å². The monoisotopic (exact) mass is 679 g/mol. The van der Waals surface area contributed by atoms with Gasteiger partial charge < -0.3 is 14.4 Å². The van der Waals surface area contributed by atoms with E-state index in [1.165, 1.54) is 12.4 Å². The van der Waals surface area contributed by atoms with Crippen LogP contribution in [0.4, 0.5) is 10.2 Å². The van der Waals surface area contributed by atoms with Crippen LogP contribution in [-0.4, -0.2) is 77.4 Å². The van der Waals surface area contributed by atoms with E-state index in [4.69, 9.17) is 4.98 Å². The lowest BCUT2D eigenvalue weighted by atomic mass is 10.0. The Labute approximate surface area is 248 Å². The molecule has 1 atom stereocenters. The van der Waals surface area contributed by atoms with Gasteiger partial charge in [-0.2, -0.15) is 0 Å². The fraction of sp³-hybridized carbons (Fsp3) is 0.464. The van der Waals surface area contributed by atoms with E-state index < -0.39 is 21.9 Å². The summed E-state index contributed by atoms with van der Waals surface area (Å²) in [6, 6.07) is 3.80. The summed E-state index contributed by atoms with van der Waals surface area (Å²) in [5.74, 6) is 0.482. The largest absolute Gasteiger partial charge is 0.357 e. The van der Waals surface area contributed by atoms with Gasteiger partial charge in [0.2, 0.25) is 10.0 Å². The van der Waals surface area contributed by atoms with Gasteiger partial charge >= 0.3 is 0 Å². The van der Waals surface area contributed by atoms with Crippen molar-refractivity contribution in [3.63, 3.8) is 0 Å². The molecule has 9 nitrogen and oxygen atoms in total. The molecule has 1 saturated heterocycles. The fourth-order valence-corrected chi connectivity index (χ4v) is 7.95. The molecule has 1 aliphatic heterocycles. The van der Waals surface area contributed by atoms with Crippen molar-refractivity contribution in [2.45, 2.75) is 51.6 Å². The number of nitrogens with one attached hydrogen (secondary N) is 1. The number of likely N-dealkylation sites (tertiary alicyclic amines) is 1. The number of aromatic nitrogens is 4. The molecule has 0 amide bonds. The summed E-state index contributed by atoms with van der Waals surface area (Å²) in [7, 11) is -1.40. The second-order valence-electron chi connectivity index (χ2n) is 10.3. The van der Waals surface area contributed by atoms with Gasteiger partial charge in [0.15, 0.2) is 0 Å². The summed E-state index contributed by atoms with van der Waals surface area (Å²) in [6.45, 7) is 7.22. The minimum Gasteiger partial charge on any atom is -0.357 e. The lowest BCUT2D eigenvalue weighted by Gasteiger charge is -2.36. The standard InChI is InChI=1S/C28H35FIN7O2S/c1-4-14-40(38,39)34-23-7-6-22(29)28(26(23)30)37-17-21(19-15-31-18-32-16-19)27-24(37)8-9-25(33-27)35(3)20-10-12-36(5-2)13-11-20/h6,8-9,15-18,20,23,34H,4-5,7,10-14H2,1-3H3. The lowest BCUT2D eigenvalue weighted by Crippen LogP contribution is -2.43. The van der Waals surface area contributed by atoms with Crippen LogP contribution in [0.5, 0.6) is 0 Å². The number of piperidine rings is 1. The highest BCUT2D eigenvalue weighted by molar-refractivity contribution is 14.1. The number of pyridine rings is 1. The van der Waals surface area contributed by atoms with Crippen LogP contribution in [0.3, 0.4) is 0 Å². The lowest BCUT2D eigenvalue weighted by molar-refractivity contribution is 0.220. The number of allylic oxidation sites excluding steroid dienone is 2. The predicted molar refractivity (Wildman–Crippen MR) is 166 cm³/mol. The van der Waals surface area contributed by atoms with Crippen LogP contribution < -0.4 is 9.62 Å². The van der Waals surface area contributed by atoms with E-state index in [1.807, 2.05) is 25.3 Å². The SMILES string of the molecule is CCCS(=O)(=O)NC1CC=C(F)C(n2cc(-c3cncnc3)c3nc(N(C)C4CCN(CC)CC4)ccc32)=C1I. The van der Waals surface area contributed by atoms with Crippen LogP contribution in [0.25, 0.3) is 27.9 Å². The van der Waals surface area contributed by atoms with Crippen molar-refractivity contribution in [2.24, 2.45) is 0 Å². The van der Waals surface area contributed by atoms with Crippen LogP contribution in [-0.2, 0) is 10.0 Å². The molecule has 0 saturated carbocycles. The van der Waals surface area contributed by atoms with E-state index in [2.05, 4.69) is 61.1 Å². The second-order valence-corrected chi connectivity index (χ2v) is 13.4. The molecule has 1 unspecified atom stereocenters. The Hall–Kier alpha value is -2.42. The highest BCUT2D eigenvalue weighted by Gasteiger charge is 2.30. The maximum atomic E-state index is 15.5. The van der Waals surface area contributed by atoms with Crippen molar-refractivity contribution < 1.29 is 12.8 Å². The first kappa shape index (κ1) is 29.1. The van der Waals surface area contributed by atoms with Gasteiger partial charge in [-0.05, 0) is 73.0 Å². The third kappa shape index (κ3) is 5.95. The maximum Gasteiger partial charge on any atom is 0.212 e. The number of sulfonamides is 1. The molecule has 0 aromatic carbocycles. The smallest absolute Gasteiger partial charge is 0.212 e. The van der Waals surface area contributed by atoms with Crippen molar-refractivity contribution in [3.05, 3.63) is 52.5 Å². The zero-order chi connectivity index (χ0) is 28.4. The zero-order valence-electron chi connectivity index (χ0n) is 23.0. The molecule has 1 aliphatic carbocycles. The molecule has 2 aliphatic rings. The van der Waals surface area contributed by atoms with E-state index in [-0.39, 0.29) is 12.2 Å². The third-order valence-electron chi connectivity index (χ3n) is 7.74. The van der Waals surface area contributed by atoms with Crippen LogP contribution in [0.15, 0.2) is 52.5 Å². The molecule has 1 N–H and O–H groups in total. The number of hydrogen-bond donors (Lipinski definition) is 1. The highest BCUT2D eigenvalue weighted by Crippen LogP contribution is 2.40. The van der Waals surface area contributed by atoms with Gasteiger partial charge in [0, 0.05) is 59.5 Å². The van der Waals surface area contributed by atoms with Crippen LogP contribution in [0.1, 0.15) is 39.5 Å². The molecule has 5 rings (SSSR count). The van der Waals surface area contributed by atoms with E-state index in [0.717, 1.165) is 54.9 Å². The Bertz CT molecular complexity index is 1530. The first-order chi connectivity index (χ1) is 19.2. The molecule has 0 radical (unpaired) electrons. The normalized spacial score (nSPS) is 19.3. The van der Waals surface area contributed by atoms with Gasteiger partial charge in [0.25, 0.3) is 0 Å². The van der Waals surface area contributed by atoms with E-state index in [0.29, 0.717) is 27.3 Å². The van der Waals surface area contributed by atoms with Crippen molar-refractivity contribution in [1.29, 1.82) is 0 Å². The number of halogens is 2. The zero-order valence-corrected chi connectivity index (χ0v) is 26.0. The molecule has 0 bridgehead atoms. The van der Waals surface area contributed by atoms with Crippen LogP contribution >= 0.6 is 22.6 Å². The van der Waals surface area contributed by atoms with E-state index >= 15 is 4.39 Å². The van der Waals surface area contributed by atoms with Crippen molar-refractivity contribution in [3.8, 4) is 11.1 Å². The number of fused-ring (bicyclic) bond motifs is 1. The molecule has 3 aromatic heterocycles. The number of hydrogen-bond acceptors (Lipinski definition) is 7. The van der Waals surface area contributed by atoms with Crippen LogP contribution in [0.2, 0.25) is 0 Å².